The summed E-state index contributed by atoms with van der Waals surface area (Å²) in [5.74, 6) is 4.99. The Balaban J connectivity index is 0.000000640. The molecule has 0 bridgehead atoms. The zero-order chi connectivity index (χ0) is 5.98. The van der Waals surface area contributed by atoms with E-state index in [9.17, 15) is 0 Å². The van der Waals surface area contributed by atoms with Crippen LogP contribution in [0.3, 0.4) is 0 Å². The molecular formula is C4H10ClN3S. The Hall–Kier alpha value is -0.0600. The number of hydrogen-bond donors (Lipinski definition) is 3. The third kappa shape index (κ3) is 3.51. The molecule has 0 aromatic rings. The molecule has 0 amide bonds. The van der Waals surface area contributed by atoms with Crippen molar-refractivity contribution in [3.63, 3.8) is 0 Å². The molecule has 0 saturated heterocycles. The predicted molar refractivity (Wildman–Crippen MR) is 43.3 cm³/mol. The molecule has 0 unspecified atom stereocenters. The highest BCUT2D eigenvalue weighted by atomic mass is 35.5. The molecule has 0 spiro atoms. The van der Waals surface area contributed by atoms with Crippen molar-refractivity contribution >= 4 is 29.7 Å². The van der Waals surface area contributed by atoms with Crippen molar-refractivity contribution in [2.24, 2.45) is 5.84 Å². The normalized spacial score (nSPS) is 15.7. The molecule has 0 atom stereocenters. The van der Waals surface area contributed by atoms with Crippen molar-refractivity contribution in [1.29, 1.82) is 0 Å². The average Bonchev–Trinajstić information content (AvgIpc) is 2.50. The van der Waals surface area contributed by atoms with Gasteiger partial charge in [-0.2, -0.15) is 0 Å². The molecule has 1 rings (SSSR count). The molecule has 5 heteroatoms. The second kappa shape index (κ2) is 3.87. The third-order valence-electron chi connectivity index (χ3n) is 1.04. The fourth-order valence-corrected chi connectivity index (χ4v) is 0.621. The van der Waals surface area contributed by atoms with E-state index >= 15 is 0 Å². The van der Waals surface area contributed by atoms with E-state index in [1.807, 2.05) is 0 Å². The fourth-order valence-electron chi connectivity index (χ4n) is 0.455. The molecule has 0 aromatic carbocycles. The van der Waals surface area contributed by atoms with Gasteiger partial charge < -0.3 is 10.7 Å². The van der Waals surface area contributed by atoms with Gasteiger partial charge in [-0.15, -0.1) is 12.4 Å². The number of nitrogens with one attached hydrogen (secondary N) is 2. The van der Waals surface area contributed by atoms with E-state index in [2.05, 4.69) is 10.7 Å². The average molecular weight is 168 g/mol. The molecule has 1 aliphatic rings. The van der Waals surface area contributed by atoms with Gasteiger partial charge in [-0.3, -0.25) is 0 Å². The van der Waals surface area contributed by atoms with Crippen molar-refractivity contribution in [3.8, 4) is 0 Å². The van der Waals surface area contributed by atoms with Crippen LogP contribution in [0.5, 0.6) is 0 Å². The van der Waals surface area contributed by atoms with Gasteiger partial charge in [0, 0.05) is 6.04 Å². The number of halogens is 1. The Labute approximate surface area is 65.7 Å². The van der Waals surface area contributed by atoms with Gasteiger partial charge >= 0.3 is 0 Å². The Bertz CT molecular complexity index is 104. The maximum Gasteiger partial charge on any atom is 0.180 e. The van der Waals surface area contributed by atoms with Crippen LogP contribution in [-0.4, -0.2) is 11.2 Å². The summed E-state index contributed by atoms with van der Waals surface area (Å²) in [7, 11) is 0. The second-order valence-corrected chi connectivity index (χ2v) is 2.30. The predicted octanol–water partition coefficient (Wildman–Crippen LogP) is -0.0916. The van der Waals surface area contributed by atoms with Gasteiger partial charge in [0.05, 0.1) is 0 Å². The minimum Gasteiger partial charge on any atom is -0.359 e. The topological polar surface area (TPSA) is 50.1 Å². The molecule has 0 radical (unpaired) electrons. The molecule has 0 aromatic heterocycles. The molecule has 4 N–H and O–H groups in total. The Kier molecular flexibility index (Phi) is 3.84. The van der Waals surface area contributed by atoms with E-state index in [1.165, 1.54) is 12.8 Å². The lowest BCUT2D eigenvalue weighted by Gasteiger charge is -2.02. The van der Waals surface area contributed by atoms with Crippen LogP contribution in [-0.2, 0) is 0 Å². The summed E-state index contributed by atoms with van der Waals surface area (Å²) in [5, 5.41) is 3.55. The molecule has 9 heavy (non-hydrogen) atoms. The van der Waals surface area contributed by atoms with Gasteiger partial charge in [-0.1, -0.05) is 0 Å². The van der Waals surface area contributed by atoms with E-state index in [-0.39, 0.29) is 12.4 Å². The van der Waals surface area contributed by atoms with Gasteiger partial charge in [0.1, 0.15) is 0 Å². The molecule has 1 fully saturated rings. The van der Waals surface area contributed by atoms with Gasteiger partial charge in [0.15, 0.2) is 5.11 Å². The second-order valence-electron chi connectivity index (χ2n) is 1.89. The smallest absolute Gasteiger partial charge is 0.180 e. The molecular weight excluding hydrogens is 158 g/mol. The summed E-state index contributed by atoms with van der Waals surface area (Å²) in [6, 6.07) is 0.596. The lowest BCUT2D eigenvalue weighted by atomic mass is 10.7. The summed E-state index contributed by atoms with van der Waals surface area (Å²) in [5.41, 5.74) is 2.36. The summed E-state index contributed by atoms with van der Waals surface area (Å²) >= 11 is 4.72. The van der Waals surface area contributed by atoms with Crippen LogP contribution in [0.1, 0.15) is 12.8 Å². The molecule has 54 valence electrons. The fraction of sp³-hybridized carbons (Fsp3) is 0.750. The molecule has 3 nitrogen and oxygen atoms in total. The molecule has 1 aliphatic carbocycles. The lowest BCUT2D eigenvalue weighted by Crippen LogP contribution is -2.40. The molecule has 1 saturated carbocycles. The first-order valence-corrected chi connectivity index (χ1v) is 3.01. The maximum atomic E-state index is 4.99. The minimum atomic E-state index is 0. The maximum absolute atomic E-state index is 4.99. The van der Waals surface area contributed by atoms with Crippen LogP contribution in [0.15, 0.2) is 0 Å². The summed E-state index contributed by atoms with van der Waals surface area (Å²) < 4.78 is 0. The lowest BCUT2D eigenvalue weighted by molar-refractivity contribution is 0.861. The quantitative estimate of drug-likeness (QED) is 0.290. The summed E-state index contributed by atoms with van der Waals surface area (Å²) in [4.78, 5) is 0. The van der Waals surface area contributed by atoms with E-state index in [1.54, 1.807) is 0 Å². The largest absolute Gasteiger partial charge is 0.359 e. The van der Waals surface area contributed by atoms with Crippen molar-refractivity contribution in [1.82, 2.24) is 10.7 Å². The van der Waals surface area contributed by atoms with Crippen LogP contribution in [0.25, 0.3) is 0 Å². The van der Waals surface area contributed by atoms with Crippen LogP contribution in [0.2, 0.25) is 0 Å². The summed E-state index contributed by atoms with van der Waals surface area (Å²) in [6.07, 6.45) is 2.45. The van der Waals surface area contributed by atoms with Crippen LogP contribution in [0, 0.1) is 0 Å². The van der Waals surface area contributed by atoms with Gasteiger partial charge in [0.25, 0.3) is 0 Å². The van der Waals surface area contributed by atoms with E-state index in [0.717, 1.165) is 0 Å². The van der Waals surface area contributed by atoms with E-state index in [4.69, 9.17) is 18.1 Å². The molecule has 0 heterocycles. The monoisotopic (exact) mass is 167 g/mol. The minimum absolute atomic E-state index is 0. The van der Waals surface area contributed by atoms with E-state index < -0.39 is 0 Å². The number of nitrogens with two attached hydrogens (primary N) is 1. The highest BCUT2D eigenvalue weighted by Gasteiger charge is 2.21. The Morgan fingerprint density at radius 3 is 2.44 bits per heavy atom. The van der Waals surface area contributed by atoms with Crippen LogP contribution >= 0.6 is 24.6 Å². The number of hydrazine groups is 1. The van der Waals surface area contributed by atoms with Crippen molar-refractivity contribution in [2.75, 3.05) is 0 Å². The number of hydrogen-bond acceptors (Lipinski definition) is 2. The number of thiocarbonyl (C=S) groups is 1. The molecule has 0 aliphatic heterocycles. The van der Waals surface area contributed by atoms with E-state index in [0.29, 0.717) is 11.2 Å². The SMILES string of the molecule is Cl.NNC(=S)NC1CC1. The first-order valence-electron chi connectivity index (χ1n) is 2.60. The third-order valence-corrected chi connectivity index (χ3v) is 1.28. The Morgan fingerprint density at radius 2 is 2.11 bits per heavy atom. The van der Waals surface area contributed by atoms with Crippen molar-refractivity contribution in [2.45, 2.75) is 18.9 Å². The Morgan fingerprint density at radius 1 is 1.56 bits per heavy atom. The highest BCUT2D eigenvalue weighted by molar-refractivity contribution is 7.80. The zero-order valence-electron chi connectivity index (χ0n) is 4.89. The zero-order valence-corrected chi connectivity index (χ0v) is 6.52. The van der Waals surface area contributed by atoms with Crippen molar-refractivity contribution in [3.05, 3.63) is 0 Å². The van der Waals surface area contributed by atoms with Gasteiger partial charge in [-0.05, 0) is 25.1 Å². The highest BCUT2D eigenvalue weighted by Crippen LogP contribution is 2.17. The summed E-state index contributed by atoms with van der Waals surface area (Å²) in [6.45, 7) is 0. The standard InChI is InChI=1S/C4H9N3S.ClH/c5-7-4(8)6-3-1-2-3;/h3H,1-2,5H2,(H2,6,7,8);1H. The van der Waals surface area contributed by atoms with Crippen molar-refractivity contribution < 1.29 is 0 Å². The van der Waals surface area contributed by atoms with Gasteiger partial charge in [-0.25, -0.2) is 5.84 Å². The van der Waals surface area contributed by atoms with Crippen LogP contribution < -0.4 is 16.6 Å². The van der Waals surface area contributed by atoms with Crippen LogP contribution in [0.4, 0.5) is 0 Å². The first kappa shape index (κ1) is 8.94. The first-order chi connectivity index (χ1) is 3.83. The number of rotatable bonds is 1. The van der Waals surface area contributed by atoms with Gasteiger partial charge in [0.2, 0.25) is 0 Å².